The molecule has 1 aromatic rings. The van der Waals surface area contributed by atoms with E-state index >= 15 is 0 Å². The Bertz CT molecular complexity index is 1030. The number of allylic oxidation sites excluding steroid dienone is 1. The smallest absolute Gasteiger partial charge is 0.306 e. The molecule has 2 atom stereocenters. The van der Waals surface area contributed by atoms with Crippen LogP contribution in [0.4, 0.5) is 4.39 Å². The van der Waals surface area contributed by atoms with Gasteiger partial charge < -0.3 is 19.7 Å². The Morgan fingerprint density at radius 3 is 2.47 bits per heavy atom. The lowest BCUT2D eigenvalue weighted by atomic mass is 9.77. The van der Waals surface area contributed by atoms with Crippen LogP contribution in [0.3, 0.4) is 0 Å². The molecular weight excluding hydrogens is 467 g/mol. The van der Waals surface area contributed by atoms with Crippen LogP contribution in [0.1, 0.15) is 81.0 Å². The van der Waals surface area contributed by atoms with Crippen LogP contribution in [0.2, 0.25) is 0 Å². The summed E-state index contributed by atoms with van der Waals surface area (Å²) in [6.45, 7) is 9.29. The lowest BCUT2D eigenvalue weighted by Crippen LogP contribution is -2.52. The van der Waals surface area contributed by atoms with Gasteiger partial charge in [0.25, 0.3) is 5.91 Å². The average molecular weight is 505 g/mol. The normalized spacial score (nSPS) is 18.4. The van der Waals surface area contributed by atoms with E-state index in [9.17, 15) is 23.6 Å². The van der Waals surface area contributed by atoms with E-state index in [1.54, 1.807) is 7.11 Å². The van der Waals surface area contributed by atoms with Crippen LogP contribution in [0.25, 0.3) is 0 Å². The van der Waals surface area contributed by atoms with E-state index in [0.717, 1.165) is 6.07 Å². The Labute approximate surface area is 212 Å². The van der Waals surface area contributed by atoms with Crippen molar-refractivity contribution < 1.29 is 33.0 Å². The third-order valence-electron chi connectivity index (χ3n) is 6.69. The molecule has 2 rings (SSSR count). The quantitative estimate of drug-likeness (QED) is 0.381. The molecule has 2 amide bonds. The highest BCUT2D eigenvalue weighted by atomic mass is 19.1. The number of piperidine rings is 1. The summed E-state index contributed by atoms with van der Waals surface area (Å²) in [7, 11) is 3.03. The predicted octanol–water partition coefficient (Wildman–Crippen LogP) is 4.04. The van der Waals surface area contributed by atoms with Crippen LogP contribution in [-0.4, -0.2) is 60.4 Å². The van der Waals surface area contributed by atoms with Crippen LogP contribution in [0.15, 0.2) is 30.0 Å². The third-order valence-corrected chi connectivity index (χ3v) is 6.69. The highest BCUT2D eigenvalue weighted by molar-refractivity contribution is 6.03. The van der Waals surface area contributed by atoms with Crippen LogP contribution < -0.4 is 5.32 Å². The van der Waals surface area contributed by atoms with Crippen molar-refractivity contribution in [3.63, 3.8) is 0 Å². The number of hydrogen-bond donors (Lipinski definition) is 1. The standard InChI is InChI=1S/C27H37FN2O6/c1-8-10-23(32)36-27(4,5)22(26(2,3)35-7)15-17-13-14-21(24(33)29-17)30(6)25(34)18-11-9-12-20(28)19(18)16-31/h9,11-12,15-16,21-22H,8,10,13-14H2,1-7H3,(H,29,33)/b17-15-. The fourth-order valence-electron chi connectivity index (χ4n) is 4.58. The van der Waals surface area contributed by atoms with Gasteiger partial charge in [-0.1, -0.05) is 19.1 Å². The summed E-state index contributed by atoms with van der Waals surface area (Å²) >= 11 is 0. The Balaban J connectivity index is 2.26. The molecule has 0 bridgehead atoms. The SMILES string of the molecule is CCCC(=O)OC(C)(C)C(/C=C1/CCC(N(C)C(=O)c2cccc(F)c2C=O)C(=O)N1)C(C)(C)OC. The summed E-state index contributed by atoms with van der Waals surface area (Å²) in [4.78, 5) is 50.8. The van der Waals surface area contributed by atoms with Crippen LogP contribution in [0, 0.1) is 11.7 Å². The van der Waals surface area contributed by atoms with Crippen molar-refractivity contribution in [1.29, 1.82) is 0 Å². The van der Waals surface area contributed by atoms with Crippen molar-refractivity contribution in [2.45, 2.75) is 77.5 Å². The number of amides is 2. The molecule has 0 radical (unpaired) electrons. The average Bonchev–Trinajstić information content (AvgIpc) is 2.81. The zero-order valence-electron chi connectivity index (χ0n) is 22.1. The van der Waals surface area contributed by atoms with Gasteiger partial charge in [0, 0.05) is 32.2 Å². The number of carbonyl (C=O) groups is 4. The molecule has 1 saturated heterocycles. The van der Waals surface area contributed by atoms with Gasteiger partial charge in [-0.25, -0.2) is 4.39 Å². The molecule has 1 aromatic carbocycles. The number of esters is 1. The fraction of sp³-hybridized carbons (Fsp3) is 0.556. The van der Waals surface area contributed by atoms with Gasteiger partial charge in [-0.15, -0.1) is 0 Å². The molecule has 0 saturated carbocycles. The minimum Gasteiger partial charge on any atom is -0.459 e. The topological polar surface area (TPSA) is 102 Å². The van der Waals surface area contributed by atoms with Crippen LogP contribution in [0.5, 0.6) is 0 Å². The fourth-order valence-corrected chi connectivity index (χ4v) is 4.58. The molecule has 1 N–H and O–H groups in total. The van der Waals surface area contributed by atoms with Crippen molar-refractivity contribution in [3.05, 3.63) is 46.9 Å². The Morgan fingerprint density at radius 2 is 1.92 bits per heavy atom. The van der Waals surface area contributed by atoms with Crippen LogP contribution in [-0.2, 0) is 19.1 Å². The number of likely N-dealkylation sites (N-methyl/N-ethyl adjacent to an activating group) is 1. The number of nitrogens with zero attached hydrogens (tertiary/aromatic N) is 1. The van der Waals surface area contributed by atoms with Gasteiger partial charge in [-0.05, 0) is 59.1 Å². The Kier molecular flexibility index (Phi) is 9.54. The Hall–Kier alpha value is -3.07. The second-order valence-corrected chi connectivity index (χ2v) is 10.1. The maximum atomic E-state index is 14.0. The molecule has 0 aliphatic carbocycles. The number of methoxy groups -OCH3 is 1. The van der Waals surface area contributed by atoms with E-state index in [4.69, 9.17) is 9.47 Å². The number of ether oxygens (including phenoxy) is 2. The maximum Gasteiger partial charge on any atom is 0.306 e. The second kappa shape index (κ2) is 11.8. The van der Waals surface area contributed by atoms with E-state index in [-0.39, 0.29) is 17.1 Å². The van der Waals surface area contributed by atoms with E-state index in [1.165, 1.54) is 24.1 Å². The number of hydrogen-bond acceptors (Lipinski definition) is 6. The van der Waals surface area contributed by atoms with E-state index < -0.39 is 40.8 Å². The van der Waals surface area contributed by atoms with E-state index in [0.29, 0.717) is 37.7 Å². The predicted molar refractivity (Wildman–Crippen MR) is 133 cm³/mol. The molecule has 36 heavy (non-hydrogen) atoms. The zero-order valence-corrected chi connectivity index (χ0v) is 22.1. The molecule has 0 aromatic heterocycles. The zero-order chi connectivity index (χ0) is 27.3. The minimum atomic E-state index is -0.921. The molecule has 8 nitrogen and oxygen atoms in total. The van der Waals surface area contributed by atoms with Crippen molar-refractivity contribution >= 4 is 24.1 Å². The first kappa shape index (κ1) is 29.2. The van der Waals surface area contributed by atoms with E-state index in [2.05, 4.69) is 5.32 Å². The van der Waals surface area contributed by atoms with Crippen molar-refractivity contribution in [2.24, 2.45) is 5.92 Å². The lowest BCUT2D eigenvalue weighted by molar-refractivity contribution is -0.169. The molecule has 198 valence electrons. The lowest BCUT2D eigenvalue weighted by Gasteiger charge is -2.42. The summed E-state index contributed by atoms with van der Waals surface area (Å²) in [5.41, 5.74) is -1.45. The van der Waals surface area contributed by atoms with Crippen molar-refractivity contribution in [1.82, 2.24) is 10.2 Å². The number of benzene rings is 1. The first-order valence-electron chi connectivity index (χ1n) is 12.1. The molecule has 0 spiro atoms. The van der Waals surface area contributed by atoms with Gasteiger partial charge in [0.2, 0.25) is 5.91 Å². The summed E-state index contributed by atoms with van der Waals surface area (Å²) in [6.07, 6.45) is 3.88. The van der Waals surface area contributed by atoms with Gasteiger partial charge in [0.15, 0.2) is 6.29 Å². The highest BCUT2D eigenvalue weighted by Crippen LogP contribution is 2.36. The molecule has 1 aliphatic heterocycles. The summed E-state index contributed by atoms with van der Waals surface area (Å²) in [5.74, 6) is -2.52. The largest absolute Gasteiger partial charge is 0.459 e. The molecule has 9 heteroatoms. The number of halogens is 1. The second-order valence-electron chi connectivity index (χ2n) is 10.1. The molecular formula is C27H37FN2O6. The van der Waals surface area contributed by atoms with Crippen molar-refractivity contribution in [3.8, 4) is 0 Å². The van der Waals surface area contributed by atoms with Gasteiger partial charge in [-0.3, -0.25) is 19.2 Å². The van der Waals surface area contributed by atoms with E-state index in [1.807, 2.05) is 40.7 Å². The number of aldehydes is 1. The maximum absolute atomic E-state index is 14.0. The van der Waals surface area contributed by atoms with Gasteiger partial charge in [0.05, 0.1) is 16.7 Å². The molecule has 2 unspecified atom stereocenters. The summed E-state index contributed by atoms with van der Waals surface area (Å²) < 4.78 is 25.5. The molecule has 1 heterocycles. The number of carbonyl (C=O) groups excluding carboxylic acids is 4. The van der Waals surface area contributed by atoms with Gasteiger partial charge >= 0.3 is 5.97 Å². The number of rotatable bonds is 10. The Morgan fingerprint density at radius 1 is 1.25 bits per heavy atom. The van der Waals surface area contributed by atoms with Gasteiger partial charge in [-0.2, -0.15) is 0 Å². The van der Waals surface area contributed by atoms with Gasteiger partial charge in [0.1, 0.15) is 17.5 Å². The van der Waals surface area contributed by atoms with Crippen molar-refractivity contribution in [2.75, 3.05) is 14.2 Å². The summed E-state index contributed by atoms with van der Waals surface area (Å²) in [5, 5.41) is 2.86. The first-order valence-corrected chi connectivity index (χ1v) is 12.1. The molecule has 1 aliphatic rings. The molecule has 1 fully saturated rings. The first-order chi connectivity index (χ1) is 16.8. The van der Waals surface area contributed by atoms with Crippen LogP contribution >= 0.6 is 0 Å². The summed E-state index contributed by atoms with van der Waals surface area (Å²) in [6, 6.07) is 3.00. The third kappa shape index (κ3) is 6.57. The highest BCUT2D eigenvalue weighted by Gasteiger charge is 2.43. The monoisotopic (exact) mass is 504 g/mol. The number of nitrogens with one attached hydrogen (secondary N) is 1. The minimum absolute atomic E-state index is 0.0980.